The number of Topliss-reactive ketones (excluding diaryl/α,β-unsaturated/α-hetero) is 6. The smallest absolute Gasteiger partial charge is 0.205 e. The normalized spacial score (nSPS) is 17.0. The van der Waals surface area contributed by atoms with Gasteiger partial charge in [-0.3, -0.25) is 28.8 Å². The van der Waals surface area contributed by atoms with Crippen LogP contribution < -0.4 is 0 Å². The number of allylic oxidation sites excluding steroid dienone is 24. The molecule has 0 unspecified atom stereocenters. The van der Waals surface area contributed by atoms with E-state index in [0.29, 0.717) is 0 Å². The summed E-state index contributed by atoms with van der Waals surface area (Å²) in [6.07, 6.45) is 29.6. The van der Waals surface area contributed by atoms with E-state index in [-0.39, 0.29) is 101 Å². The van der Waals surface area contributed by atoms with E-state index in [4.69, 9.17) is 147 Å². The summed E-state index contributed by atoms with van der Waals surface area (Å²) in [4.78, 5) is 88.7. The maximum Gasteiger partial charge on any atom is 0.205 e. The van der Waals surface area contributed by atoms with E-state index in [1.165, 1.54) is 36.5 Å². The highest BCUT2D eigenvalue weighted by molar-refractivity contribution is 7.86. The fraction of sp³-hybridized carbons (Fsp3) is 0.111. The van der Waals surface area contributed by atoms with Gasteiger partial charge in [0.1, 0.15) is 0 Å². The zero-order valence-corrected chi connectivity index (χ0v) is 46.8. The molecule has 6 nitrogen and oxygen atoms in total. The molecule has 18 heteroatoms. The van der Waals surface area contributed by atoms with Gasteiger partial charge < -0.3 is 0 Å². The minimum Gasteiger partial charge on any atom is -0.288 e. The summed E-state index contributed by atoms with van der Waals surface area (Å²) in [5.41, 5.74) is -3.29. The molecule has 0 amide bonds. The van der Waals surface area contributed by atoms with Crippen molar-refractivity contribution in [3.05, 3.63) is 176 Å². The Balaban J connectivity index is 1.77. The second kappa shape index (κ2) is 23.6. The van der Waals surface area contributed by atoms with Crippen LogP contribution >= 0.6 is 147 Å². The van der Waals surface area contributed by atoms with Crippen LogP contribution in [0, 0.1) is 0 Å². The van der Waals surface area contributed by atoms with Crippen molar-refractivity contribution < 1.29 is 28.8 Å². The topological polar surface area (TPSA) is 102 Å². The molecule has 72 heavy (non-hydrogen) atoms. The van der Waals surface area contributed by atoms with Gasteiger partial charge in [-0.2, -0.15) is 0 Å². The highest BCUT2D eigenvalue weighted by atomic mass is 32.1. The number of hydrogen-bond donors (Lipinski definition) is 0. The summed E-state index contributed by atoms with van der Waals surface area (Å²) < 4.78 is 0. The van der Waals surface area contributed by atoms with E-state index < -0.39 is 97.3 Å². The number of carbonyl (C=O) groups excluding carboxylic acids is 6. The van der Waals surface area contributed by atoms with E-state index in [2.05, 4.69) is 0 Å². The molecule has 0 saturated heterocycles. The summed E-state index contributed by atoms with van der Waals surface area (Å²) in [6.45, 7) is 0. The van der Waals surface area contributed by atoms with Crippen molar-refractivity contribution in [2.24, 2.45) is 0 Å². The van der Waals surface area contributed by atoms with Crippen molar-refractivity contribution in [2.75, 3.05) is 0 Å². The highest BCUT2D eigenvalue weighted by Crippen LogP contribution is 2.38. The van der Waals surface area contributed by atoms with Crippen molar-refractivity contribution in [1.29, 1.82) is 0 Å². The van der Waals surface area contributed by atoms with Crippen molar-refractivity contribution in [2.45, 2.75) is 38.5 Å². The van der Waals surface area contributed by atoms with Gasteiger partial charge in [-0.1, -0.05) is 256 Å². The molecule has 6 aliphatic carbocycles. The van der Waals surface area contributed by atoms with Gasteiger partial charge in [-0.25, -0.2) is 0 Å². The van der Waals surface area contributed by atoms with Crippen molar-refractivity contribution in [3.63, 3.8) is 0 Å². The van der Waals surface area contributed by atoms with Gasteiger partial charge in [0, 0.05) is 135 Å². The molecule has 0 aromatic heterocycles. The maximum absolute atomic E-state index is 15.2. The molecule has 0 bridgehead atoms. The molecule has 0 heterocycles. The third kappa shape index (κ3) is 10.9. The number of ketones is 6. The predicted molar refractivity (Wildman–Crippen MR) is 333 cm³/mol. The molecule has 1 aromatic rings. The third-order valence-corrected chi connectivity index (χ3v) is 16.2. The molecule has 7 rings (SSSR count). The molecule has 6 aliphatic rings. The first-order chi connectivity index (χ1) is 34.3. The van der Waals surface area contributed by atoms with Crippen LogP contribution in [0.15, 0.2) is 143 Å². The molecular formula is C54H30O6S12. The fourth-order valence-electron chi connectivity index (χ4n) is 7.99. The van der Waals surface area contributed by atoms with Gasteiger partial charge in [0.05, 0.1) is 29.2 Å². The Hall–Kier alpha value is -4.80. The molecule has 0 radical (unpaired) electrons. The standard InChI is InChI=1S/C54H30O6S12/c55-43(25-13-1-7-19-31(25)61)49(67)37-38(50(68)44(56)26-14-2-8-20-32(26)62)40(52(70)46(58)28-16-4-10-22-34(28)64)42(54(72)48(60)30-18-6-12-24-36(30)66)41(53(71)47(59)29-17-5-11-23-35(29)65)39(37)51(69)45(57)27-15-3-9-21-33(27)63/h1-18H,19-24H2. The minimum atomic E-state index is -0.900. The Morgan fingerprint density at radius 2 is 0.375 bits per heavy atom. The largest absolute Gasteiger partial charge is 0.288 e. The minimum absolute atomic E-state index is 0.0403. The first-order valence-corrected chi connectivity index (χ1v) is 26.4. The van der Waals surface area contributed by atoms with Crippen molar-refractivity contribution in [1.82, 2.24) is 0 Å². The number of benzene rings is 1. The Labute approximate surface area is 478 Å². The zero-order valence-electron chi connectivity index (χ0n) is 37.0. The van der Waals surface area contributed by atoms with Gasteiger partial charge in [0.2, 0.25) is 34.7 Å². The summed E-state index contributed by atoms with van der Waals surface area (Å²) in [7, 11) is 0. The van der Waals surface area contributed by atoms with Crippen LogP contribution in [0.1, 0.15) is 71.9 Å². The van der Waals surface area contributed by atoms with Gasteiger partial charge in [0.15, 0.2) is 0 Å². The van der Waals surface area contributed by atoms with Gasteiger partial charge in [0.25, 0.3) is 0 Å². The molecule has 0 N–H and O–H groups in total. The Kier molecular flexibility index (Phi) is 18.0. The number of hydrogen-bond acceptors (Lipinski definition) is 18. The van der Waals surface area contributed by atoms with Crippen LogP contribution in [-0.4, -0.2) is 93.1 Å². The number of carbonyl (C=O) groups is 6. The summed E-state index contributed by atoms with van der Waals surface area (Å²) in [5.74, 6) is -5.40. The lowest BCUT2D eigenvalue weighted by Gasteiger charge is -2.29. The molecule has 0 atom stereocenters. The average Bonchev–Trinajstić information content (AvgIpc) is 3.38. The molecular weight excluding hydrogens is 1130 g/mol. The van der Waals surface area contributed by atoms with Crippen LogP contribution in [0.5, 0.6) is 0 Å². The van der Waals surface area contributed by atoms with E-state index in [1.54, 1.807) is 72.9 Å². The Bertz CT molecular complexity index is 2850. The van der Waals surface area contributed by atoms with Crippen molar-refractivity contribution in [3.8, 4) is 0 Å². The first-order valence-electron chi connectivity index (χ1n) is 21.5. The highest BCUT2D eigenvalue weighted by Gasteiger charge is 2.43. The quantitative estimate of drug-likeness (QED) is 0.103. The van der Waals surface area contributed by atoms with Crippen molar-refractivity contribution >= 4 is 240 Å². The summed E-state index contributed by atoms with van der Waals surface area (Å²) in [5, 5.41) is 0. The first kappa shape index (κ1) is 55.0. The van der Waals surface area contributed by atoms with Gasteiger partial charge in [-0.15, -0.1) is 0 Å². The molecule has 0 fully saturated rings. The summed E-state index contributed by atoms with van der Waals surface area (Å²) >= 11 is 71.4. The van der Waals surface area contributed by atoms with Gasteiger partial charge in [-0.05, 0) is 0 Å². The monoisotopic (exact) mass is 1160 g/mol. The fourth-order valence-corrected chi connectivity index (χ4v) is 11.4. The van der Waals surface area contributed by atoms with E-state index in [0.717, 1.165) is 0 Å². The molecule has 0 aliphatic heterocycles. The Morgan fingerprint density at radius 1 is 0.250 bits per heavy atom. The number of thiocarbonyl (C=S) groups is 12. The second-order valence-corrected chi connectivity index (χ2v) is 21.4. The van der Waals surface area contributed by atoms with Crippen LogP contribution in [0.2, 0.25) is 0 Å². The molecule has 354 valence electrons. The van der Waals surface area contributed by atoms with Crippen LogP contribution in [0.25, 0.3) is 0 Å². The lowest BCUT2D eigenvalue weighted by Crippen LogP contribution is -2.38. The second-order valence-electron chi connectivity index (χ2n) is 16.0. The lowest BCUT2D eigenvalue weighted by atomic mass is 9.74. The zero-order chi connectivity index (χ0) is 52.3. The van der Waals surface area contributed by atoms with E-state index in [9.17, 15) is 0 Å². The SMILES string of the molecule is O=C(C(=S)c1c(C(=S)C(=O)C2=CC=CCC2=S)c(C(=S)C(=O)C2=CC=CCC2=S)c(C(=S)C(=O)C2=CC=CCC2=S)c(C(=S)C(=O)C2=CC=CCC2=S)c1C(=S)C(=O)C1=CC=CCC1=S)C1=CC=CCC1=S. The number of rotatable bonds is 18. The van der Waals surface area contributed by atoms with Crippen LogP contribution in [-0.2, 0) is 28.8 Å². The molecule has 0 saturated carbocycles. The van der Waals surface area contributed by atoms with Gasteiger partial charge >= 0.3 is 0 Å². The van der Waals surface area contributed by atoms with Crippen LogP contribution in [0.3, 0.4) is 0 Å². The Morgan fingerprint density at radius 3 is 0.486 bits per heavy atom. The molecule has 0 spiro atoms. The predicted octanol–water partition coefficient (Wildman–Crippen LogP) is 10.9. The molecule has 1 aromatic carbocycles. The lowest BCUT2D eigenvalue weighted by molar-refractivity contribution is -0.110. The maximum atomic E-state index is 15.2. The average molecular weight is 1160 g/mol. The van der Waals surface area contributed by atoms with E-state index in [1.807, 2.05) is 0 Å². The third-order valence-electron chi connectivity index (χ3n) is 11.6. The summed E-state index contributed by atoms with van der Waals surface area (Å²) in [6, 6.07) is 0. The van der Waals surface area contributed by atoms with Crippen LogP contribution in [0.4, 0.5) is 0 Å². The van der Waals surface area contributed by atoms with E-state index >= 15 is 28.8 Å².